The number of likely N-dealkylation sites (N-methyl/N-ethyl adjacent to an activating group) is 1. The van der Waals surface area contributed by atoms with Crippen molar-refractivity contribution in [2.75, 3.05) is 79.5 Å². The van der Waals surface area contributed by atoms with Gasteiger partial charge in [-0.2, -0.15) is 0 Å². The van der Waals surface area contributed by atoms with Crippen molar-refractivity contribution in [3.63, 3.8) is 0 Å². The Morgan fingerprint density at radius 2 is 1.47 bits per heavy atom. The summed E-state index contributed by atoms with van der Waals surface area (Å²) in [4.78, 5) is 43.7. The number of hydrogen-bond donors (Lipinski definition) is 3. The number of aliphatic hydroxyl groups excluding tert-OH is 1. The van der Waals surface area contributed by atoms with Crippen molar-refractivity contribution in [1.82, 2.24) is 25.0 Å². The lowest BCUT2D eigenvalue weighted by atomic mass is 9.83. The van der Waals surface area contributed by atoms with Crippen LogP contribution in [0, 0.1) is 17.6 Å². The van der Waals surface area contributed by atoms with E-state index in [1.54, 1.807) is 34.4 Å². The quantitative estimate of drug-likeness (QED) is 0.218. The van der Waals surface area contributed by atoms with Gasteiger partial charge in [-0.1, -0.05) is 19.3 Å². The highest BCUT2D eigenvalue weighted by Gasteiger charge is 2.36. The van der Waals surface area contributed by atoms with E-state index < -0.39 is 23.7 Å². The van der Waals surface area contributed by atoms with Crippen molar-refractivity contribution < 1.29 is 42.5 Å². The molecule has 0 bridgehead atoms. The molecule has 2 atom stereocenters. The predicted molar refractivity (Wildman–Crippen MR) is 171 cm³/mol. The summed E-state index contributed by atoms with van der Waals surface area (Å²) in [6.45, 7) is 4.90. The molecule has 1 saturated heterocycles. The maximum atomic E-state index is 14.3. The van der Waals surface area contributed by atoms with Crippen molar-refractivity contribution in [2.24, 2.45) is 5.92 Å². The Bertz CT molecular complexity index is 1330. The minimum Gasteiger partial charge on any atom is -0.394 e. The largest absolute Gasteiger partial charge is 0.394 e. The molecule has 1 saturated carbocycles. The first kappa shape index (κ1) is 36.7. The Balaban J connectivity index is 1.38. The number of halogens is 2. The minimum atomic E-state index is -1.01. The lowest BCUT2D eigenvalue weighted by molar-refractivity contribution is -0.140. The molecule has 1 aromatic carbocycles. The van der Waals surface area contributed by atoms with E-state index in [0.717, 1.165) is 44.2 Å². The van der Waals surface area contributed by atoms with E-state index in [-0.39, 0.29) is 75.4 Å². The molecule has 2 aromatic rings. The third-order valence-electron chi connectivity index (χ3n) is 8.99. The van der Waals surface area contributed by atoms with Gasteiger partial charge in [0.1, 0.15) is 11.7 Å². The molecule has 12 nitrogen and oxygen atoms in total. The number of carbonyl (C=O) groups excluding carboxylic acids is 3. The summed E-state index contributed by atoms with van der Waals surface area (Å²) in [5, 5.41) is 15.0. The van der Waals surface area contributed by atoms with Crippen LogP contribution in [0.1, 0.15) is 49.5 Å². The summed E-state index contributed by atoms with van der Waals surface area (Å²) in [6, 6.07) is 2.68. The highest BCUT2D eigenvalue weighted by atomic mass is 19.2. The number of benzene rings is 1. The van der Waals surface area contributed by atoms with Crippen LogP contribution in [0.4, 0.5) is 8.78 Å². The first-order valence-electron chi connectivity index (χ1n) is 16.6. The third kappa shape index (κ3) is 9.92. The summed E-state index contributed by atoms with van der Waals surface area (Å²) in [5.74, 6) is -2.59. The van der Waals surface area contributed by atoms with E-state index in [9.17, 15) is 23.2 Å². The van der Waals surface area contributed by atoms with Crippen LogP contribution in [0.25, 0.3) is 10.9 Å². The van der Waals surface area contributed by atoms with Gasteiger partial charge in [-0.05, 0) is 44.9 Å². The summed E-state index contributed by atoms with van der Waals surface area (Å²) < 4.78 is 46.3. The first-order valence-corrected chi connectivity index (χ1v) is 16.6. The standard InChI is InChI=1S/C33H49F2N5O7/c1-23(36-2)31(42)37-30(24-6-4-3-5-7-24)33(44)39-10-8-38(9-11-39)32(43)29-21-25-20-26(34)27(35)22-28(25)40(29)12-14-45-16-18-47-19-17-46-15-13-41/h20-24,30,36,41H,3-19H2,1-2H3,(H,37,42)/t23?,30-/m0/s1. The molecule has 3 amide bonds. The SMILES string of the molecule is CNC(C)C(=O)N[C@H](C(=O)N1CCN(C(=O)c2cc3cc(F)c(F)cc3n2CCOCCOCCOCCO)CC1)C1CCCCC1. The van der Waals surface area contributed by atoms with E-state index in [2.05, 4.69) is 10.6 Å². The zero-order valence-corrected chi connectivity index (χ0v) is 27.5. The maximum absolute atomic E-state index is 14.3. The molecule has 0 radical (unpaired) electrons. The molecule has 4 rings (SSSR count). The van der Waals surface area contributed by atoms with Gasteiger partial charge in [0.25, 0.3) is 5.91 Å². The molecule has 1 unspecified atom stereocenters. The summed E-state index contributed by atoms with van der Waals surface area (Å²) in [6.07, 6.45) is 4.93. The summed E-state index contributed by atoms with van der Waals surface area (Å²) in [5.41, 5.74) is 0.655. The predicted octanol–water partition coefficient (Wildman–Crippen LogP) is 1.92. The Morgan fingerprint density at radius 1 is 0.872 bits per heavy atom. The number of aliphatic hydroxyl groups is 1. The molecule has 1 aliphatic heterocycles. The second kappa shape index (κ2) is 18.4. The van der Waals surface area contributed by atoms with Crippen molar-refractivity contribution in [3.05, 3.63) is 35.5 Å². The first-order chi connectivity index (χ1) is 22.7. The van der Waals surface area contributed by atoms with E-state index in [1.807, 2.05) is 0 Å². The van der Waals surface area contributed by atoms with Gasteiger partial charge in [-0.15, -0.1) is 0 Å². The van der Waals surface area contributed by atoms with Crippen LogP contribution in [-0.2, 0) is 30.3 Å². The molecule has 0 spiro atoms. The lowest BCUT2D eigenvalue weighted by Gasteiger charge is -2.39. The fourth-order valence-corrected chi connectivity index (χ4v) is 6.18. The molecule has 2 fully saturated rings. The average Bonchev–Trinajstić information content (AvgIpc) is 3.43. The summed E-state index contributed by atoms with van der Waals surface area (Å²) >= 11 is 0. The summed E-state index contributed by atoms with van der Waals surface area (Å²) in [7, 11) is 1.70. The van der Waals surface area contributed by atoms with Gasteiger partial charge in [0, 0.05) is 44.2 Å². The highest BCUT2D eigenvalue weighted by Crippen LogP contribution is 2.28. The Morgan fingerprint density at radius 3 is 2.11 bits per heavy atom. The van der Waals surface area contributed by atoms with Gasteiger partial charge in [-0.3, -0.25) is 14.4 Å². The van der Waals surface area contributed by atoms with E-state index in [4.69, 9.17) is 19.3 Å². The number of nitrogens with zero attached hydrogens (tertiary/aromatic N) is 3. The third-order valence-corrected chi connectivity index (χ3v) is 8.99. The normalized spacial score (nSPS) is 17.2. The second-order valence-electron chi connectivity index (χ2n) is 12.1. The average molecular weight is 666 g/mol. The molecule has 1 aromatic heterocycles. The van der Waals surface area contributed by atoms with Crippen LogP contribution in [0.15, 0.2) is 18.2 Å². The molecule has 2 heterocycles. The Kier molecular flexibility index (Phi) is 14.3. The van der Waals surface area contributed by atoms with E-state index in [0.29, 0.717) is 43.8 Å². The monoisotopic (exact) mass is 665 g/mol. The number of carbonyl (C=O) groups is 3. The van der Waals surface area contributed by atoms with Crippen LogP contribution < -0.4 is 10.6 Å². The van der Waals surface area contributed by atoms with E-state index >= 15 is 0 Å². The van der Waals surface area contributed by atoms with Crippen molar-refractivity contribution in [1.29, 1.82) is 0 Å². The molecule has 262 valence electrons. The fraction of sp³-hybridized carbons (Fsp3) is 0.667. The molecule has 3 N–H and O–H groups in total. The number of piperazine rings is 1. The number of amides is 3. The smallest absolute Gasteiger partial charge is 0.270 e. The lowest BCUT2D eigenvalue weighted by Crippen LogP contribution is -2.59. The van der Waals surface area contributed by atoms with Gasteiger partial charge < -0.3 is 44.3 Å². The highest BCUT2D eigenvalue weighted by molar-refractivity contribution is 5.99. The molecular weight excluding hydrogens is 616 g/mol. The topological polar surface area (TPSA) is 135 Å². The number of hydrogen-bond acceptors (Lipinski definition) is 8. The Hall–Kier alpha value is -3.17. The number of aromatic nitrogens is 1. The van der Waals surface area contributed by atoms with Crippen molar-refractivity contribution >= 4 is 28.6 Å². The zero-order chi connectivity index (χ0) is 33.8. The van der Waals surface area contributed by atoms with Crippen LogP contribution >= 0.6 is 0 Å². The number of ether oxygens (including phenoxy) is 3. The maximum Gasteiger partial charge on any atom is 0.270 e. The van der Waals surface area contributed by atoms with Gasteiger partial charge in [0.2, 0.25) is 11.8 Å². The zero-order valence-electron chi connectivity index (χ0n) is 27.5. The van der Waals surface area contributed by atoms with Gasteiger partial charge >= 0.3 is 0 Å². The van der Waals surface area contributed by atoms with Crippen LogP contribution in [0.3, 0.4) is 0 Å². The van der Waals surface area contributed by atoms with E-state index in [1.165, 1.54) is 0 Å². The van der Waals surface area contributed by atoms with Crippen LogP contribution in [0.5, 0.6) is 0 Å². The fourth-order valence-electron chi connectivity index (χ4n) is 6.18. The van der Waals surface area contributed by atoms with Crippen LogP contribution in [0.2, 0.25) is 0 Å². The molecule has 14 heteroatoms. The number of nitrogens with one attached hydrogen (secondary N) is 2. The number of fused-ring (bicyclic) bond motifs is 1. The van der Waals surface area contributed by atoms with Gasteiger partial charge in [-0.25, -0.2) is 8.78 Å². The van der Waals surface area contributed by atoms with Crippen molar-refractivity contribution in [3.8, 4) is 0 Å². The molecule has 1 aliphatic carbocycles. The number of rotatable bonds is 17. The van der Waals surface area contributed by atoms with Gasteiger partial charge in [0.15, 0.2) is 11.6 Å². The van der Waals surface area contributed by atoms with Crippen LogP contribution in [-0.4, -0.2) is 129 Å². The Labute approximate surface area is 274 Å². The van der Waals surface area contributed by atoms with Gasteiger partial charge in [0.05, 0.1) is 57.8 Å². The second-order valence-corrected chi connectivity index (χ2v) is 12.1. The molecule has 47 heavy (non-hydrogen) atoms. The molecular formula is C33H49F2N5O7. The molecule has 2 aliphatic rings. The minimum absolute atomic E-state index is 0.0489. The van der Waals surface area contributed by atoms with Crippen molar-refractivity contribution in [2.45, 2.75) is 57.7 Å².